The summed E-state index contributed by atoms with van der Waals surface area (Å²) < 4.78 is 27.7. The Balaban J connectivity index is 2.03. The van der Waals surface area contributed by atoms with Crippen molar-refractivity contribution in [2.75, 3.05) is 5.32 Å². The topological polar surface area (TPSA) is 75.3 Å². The van der Waals surface area contributed by atoms with Crippen LogP contribution in [0.3, 0.4) is 0 Å². The minimum Gasteiger partial charge on any atom is -0.326 e. The van der Waals surface area contributed by atoms with E-state index in [0.29, 0.717) is 24.4 Å². The molecule has 0 radical (unpaired) electrons. The van der Waals surface area contributed by atoms with Gasteiger partial charge in [-0.05, 0) is 49.4 Å². The Morgan fingerprint density at radius 3 is 2.61 bits per heavy atom. The highest BCUT2D eigenvalue weighted by Crippen LogP contribution is 2.25. The van der Waals surface area contributed by atoms with E-state index in [9.17, 15) is 13.2 Å². The second-order valence-corrected chi connectivity index (χ2v) is 8.43. The van der Waals surface area contributed by atoms with Crippen molar-refractivity contribution in [2.24, 2.45) is 5.92 Å². The van der Waals surface area contributed by atoms with Gasteiger partial charge >= 0.3 is 0 Å². The summed E-state index contributed by atoms with van der Waals surface area (Å²) in [6, 6.07) is 4.80. The Morgan fingerprint density at radius 2 is 1.91 bits per heavy atom. The van der Waals surface area contributed by atoms with Crippen LogP contribution in [0.2, 0.25) is 0 Å². The maximum atomic E-state index is 12.5. The highest BCUT2D eigenvalue weighted by Gasteiger charge is 2.21. The number of anilines is 1. The van der Waals surface area contributed by atoms with Crippen LogP contribution < -0.4 is 10.0 Å². The largest absolute Gasteiger partial charge is 0.326 e. The van der Waals surface area contributed by atoms with E-state index in [-0.39, 0.29) is 16.8 Å². The maximum absolute atomic E-state index is 12.5. The molecule has 1 aromatic carbocycles. The molecule has 6 heteroatoms. The van der Waals surface area contributed by atoms with E-state index in [1.807, 2.05) is 6.92 Å². The predicted octanol–water partition coefficient (Wildman–Crippen LogP) is 3.06. The molecule has 1 aliphatic rings. The summed E-state index contributed by atoms with van der Waals surface area (Å²) in [5.41, 5.74) is 1.59. The van der Waals surface area contributed by atoms with Gasteiger partial charge in [-0.25, -0.2) is 13.1 Å². The lowest BCUT2D eigenvalue weighted by molar-refractivity contribution is -0.116. The molecule has 5 nitrogen and oxygen atoms in total. The Bertz CT molecular complexity index is 668. The van der Waals surface area contributed by atoms with E-state index >= 15 is 0 Å². The van der Waals surface area contributed by atoms with E-state index in [0.717, 1.165) is 24.8 Å². The Kier molecular flexibility index (Phi) is 5.81. The van der Waals surface area contributed by atoms with Gasteiger partial charge in [0.1, 0.15) is 0 Å². The molecule has 0 aliphatic carbocycles. The molecule has 0 aromatic heterocycles. The standard InChI is InChI=1S/C17H26N2O3S/c1-12(2)5-4-6-13(3)19-23(21,22)15-8-9-16-14(11-15)7-10-17(20)18-16/h8-9,11-13,19H,4-7,10H2,1-3H3,(H,18,20)/t13-/m0/s1. The lowest BCUT2D eigenvalue weighted by Gasteiger charge is -2.19. The number of amides is 1. The van der Waals surface area contributed by atoms with Gasteiger partial charge in [-0.3, -0.25) is 4.79 Å². The summed E-state index contributed by atoms with van der Waals surface area (Å²) in [7, 11) is -3.52. The zero-order valence-corrected chi connectivity index (χ0v) is 14.9. The molecule has 0 fully saturated rings. The first-order chi connectivity index (χ1) is 10.8. The summed E-state index contributed by atoms with van der Waals surface area (Å²) >= 11 is 0. The van der Waals surface area contributed by atoms with Gasteiger partial charge in [-0.1, -0.05) is 26.7 Å². The van der Waals surface area contributed by atoms with Gasteiger partial charge in [0.25, 0.3) is 0 Å². The van der Waals surface area contributed by atoms with Crippen LogP contribution in [0.15, 0.2) is 23.1 Å². The lowest BCUT2D eigenvalue weighted by atomic mass is 10.0. The van der Waals surface area contributed by atoms with Crippen molar-refractivity contribution >= 4 is 21.6 Å². The Morgan fingerprint density at radius 1 is 1.17 bits per heavy atom. The fraction of sp³-hybridized carbons (Fsp3) is 0.588. The first-order valence-corrected chi connectivity index (χ1v) is 9.71. The fourth-order valence-electron chi connectivity index (χ4n) is 2.75. The number of nitrogens with one attached hydrogen (secondary N) is 2. The van der Waals surface area contributed by atoms with Gasteiger partial charge in [-0.15, -0.1) is 0 Å². The molecule has 2 N–H and O–H groups in total. The molecule has 0 spiro atoms. The molecule has 0 saturated heterocycles. The molecule has 0 unspecified atom stereocenters. The average Bonchev–Trinajstić information content (AvgIpc) is 2.45. The van der Waals surface area contributed by atoms with Gasteiger partial charge in [0, 0.05) is 18.2 Å². The molecule has 1 aliphatic heterocycles. The van der Waals surface area contributed by atoms with Crippen LogP contribution in [0.1, 0.15) is 52.0 Å². The highest BCUT2D eigenvalue weighted by atomic mass is 32.2. The van der Waals surface area contributed by atoms with Crippen molar-refractivity contribution in [3.8, 4) is 0 Å². The van der Waals surface area contributed by atoms with Crippen LogP contribution >= 0.6 is 0 Å². The summed E-state index contributed by atoms with van der Waals surface area (Å²) in [6.45, 7) is 6.23. The van der Waals surface area contributed by atoms with E-state index < -0.39 is 10.0 Å². The summed E-state index contributed by atoms with van der Waals surface area (Å²) in [6.07, 6.45) is 3.92. The fourth-order valence-corrected chi connectivity index (χ4v) is 4.08. The van der Waals surface area contributed by atoms with E-state index in [1.54, 1.807) is 18.2 Å². The summed E-state index contributed by atoms with van der Waals surface area (Å²) in [5.74, 6) is 0.611. The number of fused-ring (bicyclic) bond motifs is 1. The molecular weight excluding hydrogens is 312 g/mol. The molecule has 2 rings (SSSR count). The Labute approximate surface area is 138 Å². The van der Waals surface area contributed by atoms with Crippen LogP contribution in [0, 0.1) is 5.92 Å². The third kappa shape index (κ3) is 5.04. The van der Waals surface area contributed by atoms with Crippen LogP contribution in [0.4, 0.5) is 5.69 Å². The third-order valence-corrected chi connectivity index (χ3v) is 5.64. The third-order valence-electron chi connectivity index (χ3n) is 4.06. The second-order valence-electron chi connectivity index (χ2n) is 6.71. The molecular formula is C17H26N2O3S. The Hall–Kier alpha value is -1.40. The number of aryl methyl sites for hydroxylation is 1. The van der Waals surface area contributed by atoms with Crippen LogP contribution in [-0.2, 0) is 21.2 Å². The smallest absolute Gasteiger partial charge is 0.240 e. The molecule has 0 bridgehead atoms. The quantitative estimate of drug-likeness (QED) is 0.802. The van der Waals surface area contributed by atoms with Crippen molar-refractivity contribution in [1.29, 1.82) is 0 Å². The minimum atomic E-state index is -3.52. The van der Waals surface area contributed by atoms with Crippen molar-refractivity contribution in [3.05, 3.63) is 23.8 Å². The monoisotopic (exact) mass is 338 g/mol. The summed E-state index contributed by atoms with van der Waals surface area (Å²) in [4.78, 5) is 11.6. The molecule has 1 amide bonds. The van der Waals surface area contributed by atoms with Crippen molar-refractivity contribution in [3.63, 3.8) is 0 Å². The maximum Gasteiger partial charge on any atom is 0.240 e. The van der Waals surface area contributed by atoms with Crippen LogP contribution in [-0.4, -0.2) is 20.4 Å². The zero-order valence-electron chi connectivity index (χ0n) is 14.1. The number of hydrogen-bond acceptors (Lipinski definition) is 3. The van der Waals surface area contributed by atoms with Crippen LogP contribution in [0.5, 0.6) is 0 Å². The SMILES string of the molecule is CC(C)CCC[C@H](C)NS(=O)(=O)c1ccc2c(c1)CCC(=O)N2. The molecule has 128 valence electrons. The number of rotatable bonds is 7. The van der Waals surface area contributed by atoms with Gasteiger partial charge in [-0.2, -0.15) is 0 Å². The van der Waals surface area contributed by atoms with Crippen molar-refractivity contribution < 1.29 is 13.2 Å². The van der Waals surface area contributed by atoms with Gasteiger partial charge in [0.2, 0.25) is 15.9 Å². The van der Waals surface area contributed by atoms with Crippen molar-refractivity contribution in [2.45, 2.75) is 63.8 Å². The number of carbonyl (C=O) groups excluding carboxylic acids is 1. The normalized spacial score (nSPS) is 16.1. The lowest BCUT2D eigenvalue weighted by Crippen LogP contribution is -2.32. The highest BCUT2D eigenvalue weighted by molar-refractivity contribution is 7.89. The van der Waals surface area contributed by atoms with Crippen molar-refractivity contribution in [1.82, 2.24) is 4.72 Å². The minimum absolute atomic E-state index is 0.0231. The second kappa shape index (κ2) is 7.45. The van der Waals surface area contributed by atoms with E-state index in [4.69, 9.17) is 0 Å². The summed E-state index contributed by atoms with van der Waals surface area (Å²) in [5, 5.41) is 2.76. The van der Waals surface area contributed by atoms with Gasteiger partial charge in [0.05, 0.1) is 4.90 Å². The van der Waals surface area contributed by atoms with Gasteiger partial charge < -0.3 is 5.32 Å². The molecule has 23 heavy (non-hydrogen) atoms. The predicted molar refractivity (Wildman–Crippen MR) is 91.9 cm³/mol. The zero-order chi connectivity index (χ0) is 17.0. The molecule has 0 saturated carbocycles. The number of carbonyl (C=O) groups is 1. The van der Waals surface area contributed by atoms with E-state index in [1.165, 1.54) is 0 Å². The van der Waals surface area contributed by atoms with Crippen LogP contribution in [0.25, 0.3) is 0 Å². The number of sulfonamides is 1. The van der Waals surface area contributed by atoms with E-state index in [2.05, 4.69) is 23.9 Å². The molecule has 1 heterocycles. The average molecular weight is 338 g/mol. The van der Waals surface area contributed by atoms with Gasteiger partial charge in [0.15, 0.2) is 0 Å². The number of benzene rings is 1. The number of hydrogen-bond donors (Lipinski definition) is 2. The first-order valence-electron chi connectivity index (χ1n) is 8.23. The first kappa shape index (κ1) is 17.9. The molecule has 1 aromatic rings. The molecule has 1 atom stereocenters.